The van der Waals surface area contributed by atoms with E-state index in [4.69, 9.17) is 4.42 Å². The van der Waals surface area contributed by atoms with Gasteiger partial charge in [-0.2, -0.15) is 0 Å². The third-order valence-electron chi connectivity index (χ3n) is 4.41. The molecule has 6 heteroatoms. The normalized spacial score (nSPS) is 19.7. The van der Waals surface area contributed by atoms with Crippen LogP contribution in [0.25, 0.3) is 11.1 Å². The molecule has 2 unspecified atom stereocenters. The first-order valence-electron chi connectivity index (χ1n) is 8.72. The Labute approximate surface area is 147 Å². The van der Waals surface area contributed by atoms with Gasteiger partial charge in [0.1, 0.15) is 5.52 Å². The van der Waals surface area contributed by atoms with Crippen LogP contribution >= 0.6 is 0 Å². The van der Waals surface area contributed by atoms with Gasteiger partial charge < -0.3 is 15.1 Å². The smallest absolute Gasteiger partial charge is 0.226 e. The molecule has 1 heterocycles. The summed E-state index contributed by atoms with van der Waals surface area (Å²) in [5, 5.41) is 5.65. The SMILES string of the molecule is CC1CC1C(=O)NCCC(=O)Nc1ccc2oc(C(C)(C)C)nc2c1. The molecule has 3 rings (SSSR count). The minimum Gasteiger partial charge on any atom is -0.440 e. The molecule has 2 aromatic rings. The summed E-state index contributed by atoms with van der Waals surface area (Å²) in [5.74, 6) is 1.20. The van der Waals surface area contributed by atoms with Gasteiger partial charge in [0.15, 0.2) is 5.58 Å². The molecule has 1 aliphatic rings. The Hall–Kier alpha value is -2.37. The number of fused-ring (bicyclic) bond motifs is 1. The van der Waals surface area contributed by atoms with Crippen LogP contribution in [0.3, 0.4) is 0 Å². The second-order valence-electron chi connectivity index (χ2n) is 7.86. The largest absolute Gasteiger partial charge is 0.440 e. The highest BCUT2D eigenvalue weighted by Gasteiger charge is 2.38. The molecule has 6 nitrogen and oxygen atoms in total. The van der Waals surface area contributed by atoms with E-state index in [0.29, 0.717) is 29.6 Å². The highest BCUT2D eigenvalue weighted by Crippen LogP contribution is 2.37. The molecular weight excluding hydrogens is 318 g/mol. The van der Waals surface area contributed by atoms with Crippen molar-refractivity contribution in [3.05, 3.63) is 24.1 Å². The van der Waals surface area contributed by atoms with Gasteiger partial charge in [0.25, 0.3) is 0 Å². The Morgan fingerprint density at radius 2 is 2.04 bits per heavy atom. The lowest BCUT2D eigenvalue weighted by Gasteiger charge is -2.11. The van der Waals surface area contributed by atoms with Gasteiger partial charge in [-0.3, -0.25) is 9.59 Å². The van der Waals surface area contributed by atoms with E-state index in [2.05, 4.69) is 22.5 Å². The number of hydrogen-bond acceptors (Lipinski definition) is 4. The molecule has 2 N–H and O–H groups in total. The van der Waals surface area contributed by atoms with Crippen molar-refractivity contribution in [2.75, 3.05) is 11.9 Å². The van der Waals surface area contributed by atoms with Crippen LogP contribution in [0.2, 0.25) is 0 Å². The maximum atomic E-state index is 12.0. The molecule has 2 atom stereocenters. The number of nitrogens with zero attached hydrogens (tertiary/aromatic N) is 1. The minimum atomic E-state index is -0.167. The molecule has 1 aromatic carbocycles. The van der Waals surface area contributed by atoms with Crippen molar-refractivity contribution < 1.29 is 14.0 Å². The molecule has 1 saturated carbocycles. The number of amides is 2. The van der Waals surface area contributed by atoms with Crippen LogP contribution in [-0.2, 0) is 15.0 Å². The van der Waals surface area contributed by atoms with Gasteiger partial charge in [0.2, 0.25) is 17.7 Å². The summed E-state index contributed by atoms with van der Waals surface area (Å²) in [6.45, 7) is 8.53. The summed E-state index contributed by atoms with van der Waals surface area (Å²) in [6, 6.07) is 5.40. The van der Waals surface area contributed by atoms with Crippen molar-refractivity contribution in [3.8, 4) is 0 Å². The van der Waals surface area contributed by atoms with Crippen LogP contribution in [0.1, 0.15) is 46.4 Å². The third-order valence-corrected chi connectivity index (χ3v) is 4.41. The predicted molar refractivity (Wildman–Crippen MR) is 96.2 cm³/mol. The number of benzene rings is 1. The Kier molecular flexibility index (Phi) is 4.54. The first-order valence-corrected chi connectivity index (χ1v) is 8.72. The molecule has 2 amide bonds. The number of hydrogen-bond donors (Lipinski definition) is 2. The molecule has 0 saturated heterocycles. The average molecular weight is 343 g/mol. The first-order chi connectivity index (χ1) is 11.7. The highest BCUT2D eigenvalue weighted by molar-refractivity contribution is 5.93. The predicted octanol–water partition coefficient (Wildman–Crippen LogP) is 3.23. The second kappa shape index (κ2) is 6.50. The average Bonchev–Trinajstić information content (AvgIpc) is 3.08. The fraction of sp³-hybridized carbons (Fsp3) is 0.526. The number of oxazole rings is 1. The zero-order valence-electron chi connectivity index (χ0n) is 15.2. The summed E-state index contributed by atoms with van der Waals surface area (Å²) in [6.07, 6.45) is 1.20. The van der Waals surface area contributed by atoms with Gasteiger partial charge in [-0.1, -0.05) is 27.7 Å². The third kappa shape index (κ3) is 4.18. The first kappa shape index (κ1) is 17.5. The van der Waals surface area contributed by atoms with Crippen molar-refractivity contribution in [3.63, 3.8) is 0 Å². The van der Waals surface area contributed by atoms with Crippen LogP contribution in [0, 0.1) is 11.8 Å². The van der Waals surface area contributed by atoms with Crippen molar-refractivity contribution in [2.45, 2.75) is 46.0 Å². The van der Waals surface area contributed by atoms with Crippen molar-refractivity contribution >= 4 is 28.6 Å². The molecule has 25 heavy (non-hydrogen) atoms. The standard InChI is InChI=1S/C19H25N3O3/c1-11-9-13(11)17(24)20-8-7-16(23)21-12-5-6-15-14(10-12)22-18(25-15)19(2,3)4/h5-6,10-11,13H,7-9H2,1-4H3,(H,20,24)(H,21,23). The van der Waals surface area contributed by atoms with Crippen molar-refractivity contribution in [1.29, 1.82) is 0 Å². The molecule has 1 fully saturated rings. The maximum absolute atomic E-state index is 12.0. The summed E-state index contributed by atoms with van der Waals surface area (Å²) in [5.41, 5.74) is 1.93. The van der Waals surface area contributed by atoms with Gasteiger partial charge in [-0.15, -0.1) is 0 Å². The molecule has 0 spiro atoms. The number of anilines is 1. The minimum absolute atomic E-state index is 0.0547. The highest BCUT2D eigenvalue weighted by atomic mass is 16.3. The van der Waals surface area contributed by atoms with E-state index in [-0.39, 0.29) is 29.6 Å². The Bertz CT molecular complexity index is 804. The zero-order valence-corrected chi connectivity index (χ0v) is 15.2. The van der Waals surface area contributed by atoms with Gasteiger partial charge in [-0.05, 0) is 30.5 Å². The van der Waals surface area contributed by atoms with E-state index in [9.17, 15) is 9.59 Å². The van der Waals surface area contributed by atoms with E-state index >= 15 is 0 Å². The van der Waals surface area contributed by atoms with Crippen LogP contribution in [-0.4, -0.2) is 23.3 Å². The second-order valence-corrected chi connectivity index (χ2v) is 7.86. The van der Waals surface area contributed by atoms with Crippen molar-refractivity contribution in [2.24, 2.45) is 11.8 Å². The van der Waals surface area contributed by atoms with Crippen molar-refractivity contribution in [1.82, 2.24) is 10.3 Å². The van der Waals surface area contributed by atoms with Crippen LogP contribution < -0.4 is 10.6 Å². The van der Waals surface area contributed by atoms with E-state index in [0.717, 1.165) is 11.9 Å². The fourth-order valence-electron chi connectivity index (χ4n) is 2.67. The number of carbonyl (C=O) groups excluding carboxylic acids is 2. The van der Waals surface area contributed by atoms with Crippen LogP contribution in [0.4, 0.5) is 5.69 Å². The molecule has 1 aliphatic carbocycles. The van der Waals surface area contributed by atoms with Crippen LogP contribution in [0.15, 0.2) is 22.6 Å². The zero-order chi connectivity index (χ0) is 18.2. The molecular formula is C19H25N3O3. The quantitative estimate of drug-likeness (QED) is 0.873. The van der Waals surface area contributed by atoms with E-state index in [1.807, 2.05) is 26.8 Å². The molecule has 0 radical (unpaired) electrons. The number of nitrogens with one attached hydrogen (secondary N) is 2. The molecule has 0 aliphatic heterocycles. The summed E-state index contributed by atoms with van der Waals surface area (Å²) >= 11 is 0. The number of rotatable bonds is 5. The van der Waals surface area contributed by atoms with E-state index in [1.165, 1.54) is 0 Å². The topological polar surface area (TPSA) is 84.2 Å². The van der Waals surface area contributed by atoms with Crippen LogP contribution in [0.5, 0.6) is 0 Å². The fourth-order valence-corrected chi connectivity index (χ4v) is 2.67. The monoisotopic (exact) mass is 343 g/mol. The van der Waals surface area contributed by atoms with E-state index in [1.54, 1.807) is 12.1 Å². The van der Waals surface area contributed by atoms with Gasteiger partial charge in [0.05, 0.1) is 0 Å². The number of carbonyl (C=O) groups is 2. The molecule has 1 aromatic heterocycles. The Morgan fingerprint density at radius 3 is 2.68 bits per heavy atom. The summed E-state index contributed by atoms with van der Waals surface area (Å²) in [4.78, 5) is 28.3. The van der Waals surface area contributed by atoms with Gasteiger partial charge >= 0.3 is 0 Å². The van der Waals surface area contributed by atoms with E-state index < -0.39 is 0 Å². The molecule has 134 valence electrons. The molecule has 0 bridgehead atoms. The lowest BCUT2D eigenvalue weighted by molar-refractivity contribution is -0.122. The lowest BCUT2D eigenvalue weighted by Crippen LogP contribution is -2.29. The Morgan fingerprint density at radius 1 is 1.32 bits per heavy atom. The van der Waals surface area contributed by atoms with Gasteiger partial charge in [0, 0.05) is 30.0 Å². The number of aromatic nitrogens is 1. The Balaban J connectivity index is 1.55. The summed E-state index contributed by atoms with van der Waals surface area (Å²) in [7, 11) is 0. The summed E-state index contributed by atoms with van der Waals surface area (Å²) < 4.78 is 5.75. The lowest BCUT2D eigenvalue weighted by atomic mass is 9.97. The van der Waals surface area contributed by atoms with Gasteiger partial charge in [-0.25, -0.2) is 4.98 Å². The maximum Gasteiger partial charge on any atom is 0.226 e.